The molecule has 0 spiro atoms. The monoisotopic (exact) mass is 200 g/mol. The van der Waals surface area contributed by atoms with E-state index in [4.69, 9.17) is 11.6 Å². The van der Waals surface area contributed by atoms with Crippen molar-refractivity contribution in [3.8, 4) is 0 Å². The molecule has 0 radical (unpaired) electrons. The summed E-state index contributed by atoms with van der Waals surface area (Å²) in [6.07, 6.45) is -0.186. The van der Waals surface area contributed by atoms with E-state index in [2.05, 4.69) is 20.7 Å². The molecule has 0 saturated heterocycles. The van der Waals surface area contributed by atoms with Crippen molar-refractivity contribution in [2.75, 3.05) is 11.2 Å². The molecule has 0 aliphatic heterocycles. The lowest BCUT2D eigenvalue weighted by molar-refractivity contribution is -0.131. The van der Waals surface area contributed by atoms with Crippen LogP contribution in [0.4, 0.5) is 0 Å². The van der Waals surface area contributed by atoms with Crippen LogP contribution in [-0.2, 0) is 9.53 Å². The van der Waals surface area contributed by atoms with E-state index in [9.17, 15) is 4.79 Å². The lowest BCUT2D eigenvalue weighted by Crippen LogP contribution is -2.14. The Morgan fingerprint density at radius 3 is 2.62 bits per heavy atom. The topological polar surface area (TPSA) is 26.3 Å². The summed E-state index contributed by atoms with van der Waals surface area (Å²) < 4.78 is 4.48. The summed E-state index contributed by atoms with van der Waals surface area (Å²) in [6, 6.07) is 0. The molecule has 8 heavy (non-hydrogen) atoms. The van der Waals surface area contributed by atoms with Crippen molar-refractivity contribution in [1.82, 2.24) is 0 Å². The quantitative estimate of drug-likeness (QED) is 0.504. The highest BCUT2D eigenvalue weighted by Crippen LogP contribution is 1.97. The van der Waals surface area contributed by atoms with Gasteiger partial charge in [0.05, 0.1) is 5.88 Å². The molecule has 0 unspecified atom stereocenters. The molecule has 48 valence electrons. The van der Waals surface area contributed by atoms with Gasteiger partial charge in [-0.2, -0.15) is 0 Å². The van der Waals surface area contributed by atoms with Gasteiger partial charge in [0.15, 0.2) is 0 Å². The van der Waals surface area contributed by atoms with Crippen LogP contribution in [0, 0.1) is 0 Å². The third-order valence-corrected chi connectivity index (χ3v) is 1.66. The number of ether oxygens (including phenoxy) is 1. The van der Waals surface area contributed by atoms with Crippen LogP contribution in [0.15, 0.2) is 0 Å². The zero-order valence-corrected chi connectivity index (χ0v) is 6.48. The molecule has 2 nitrogen and oxygen atoms in total. The second-order valence-electron chi connectivity index (χ2n) is 1.16. The Labute approximate surface area is 61.3 Å². The minimum Gasteiger partial charge on any atom is -0.462 e. The first-order valence-electron chi connectivity index (χ1n) is 2.06. The second kappa shape index (κ2) is 5.38. The Morgan fingerprint density at radius 2 is 2.50 bits per heavy atom. The van der Waals surface area contributed by atoms with Crippen LogP contribution >= 0.6 is 27.5 Å². The fraction of sp³-hybridized carbons (Fsp3) is 0.750. The normalized spacial score (nSPS) is 12.8. The average Bonchev–Trinajstić information content (AvgIpc) is 1.83. The van der Waals surface area contributed by atoms with Gasteiger partial charge in [0, 0.05) is 5.33 Å². The van der Waals surface area contributed by atoms with E-state index < -0.39 is 0 Å². The van der Waals surface area contributed by atoms with E-state index in [1.165, 1.54) is 0 Å². The minimum atomic E-state index is -0.186. The molecule has 0 aromatic heterocycles. The van der Waals surface area contributed by atoms with Crippen molar-refractivity contribution in [3.05, 3.63) is 0 Å². The van der Waals surface area contributed by atoms with Crippen molar-refractivity contribution in [1.29, 1.82) is 0 Å². The molecular weight excluding hydrogens is 195 g/mol. The number of hydrogen-bond acceptors (Lipinski definition) is 2. The Bertz CT molecular complexity index is 65.1. The smallest absolute Gasteiger partial charge is 0.293 e. The summed E-state index contributed by atoms with van der Waals surface area (Å²) in [5, 5.41) is 0.592. The molecule has 0 aliphatic rings. The highest BCUT2D eigenvalue weighted by molar-refractivity contribution is 9.09. The molecule has 4 heteroatoms. The molecule has 0 rings (SSSR count). The van der Waals surface area contributed by atoms with Gasteiger partial charge in [-0.15, -0.1) is 11.6 Å². The number of halogens is 2. The third-order valence-electron chi connectivity index (χ3n) is 0.592. The third kappa shape index (κ3) is 3.27. The molecule has 0 fully saturated rings. The van der Waals surface area contributed by atoms with E-state index in [1.807, 2.05) is 0 Å². The lowest BCUT2D eigenvalue weighted by Gasteiger charge is -2.05. The zero-order chi connectivity index (χ0) is 6.41. The van der Waals surface area contributed by atoms with Crippen LogP contribution in [0.5, 0.6) is 0 Å². The van der Waals surface area contributed by atoms with Crippen LogP contribution in [0.2, 0.25) is 0 Å². The van der Waals surface area contributed by atoms with Gasteiger partial charge in [0.2, 0.25) is 0 Å². The largest absolute Gasteiger partial charge is 0.462 e. The van der Waals surface area contributed by atoms with E-state index in [0.29, 0.717) is 17.7 Å². The number of alkyl halides is 2. The van der Waals surface area contributed by atoms with Crippen molar-refractivity contribution in [2.24, 2.45) is 0 Å². The molecule has 0 saturated carbocycles. The van der Waals surface area contributed by atoms with Crippen molar-refractivity contribution in [3.63, 3.8) is 0 Å². The number of carbonyl (C=O) groups is 1. The maximum Gasteiger partial charge on any atom is 0.293 e. The summed E-state index contributed by atoms with van der Waals surface area (Å²) in [5.41, 5.74) is 0. The standard InChI is InChI=1S/C4H6BrClO2/c5-1-4(2-6)8-3-7/h3-4H,1-2H2/t4-/m0/s1. The second-order valence-corrected chi connectivity index (χ2v) is 2.12. The number of rotatable bonds is 4. The molecule has 0 amide bonds. The number of hydrogen-bond donors (Lipinski definition) is 0. The predicted molar refractivity (Wildman–Crippen MR) is 35.5 cm³/mol. The van der Waals surface area contributed by atoms with Crippen LogP contribution in [0.3, 0.4) is 0 Å². The molecule has 0 aliphatic carbocycles. The summed E-state index contributed by atoms with van der Waals surface area (Å²) >= 11 is 8.44. The first-order valence-corrected chi connectivity index (χ1v) is 3.71. The van der Waals surface area contributed by atoms with Crippen molar-refractivity contribution in [2.45, 2.75) is 6.10 Å². The fourth-order valence-electron chi connectivity index (χ4n) is 0.193. The van der Waals surface area contributed by atoms with Gasteiger partial charge in [-0.1, -0.05) is 15.9 Å². The Kier molecular flexibility index (Phi) is 5.54. The van der Waals surface area contributed by atoms with Gasteiger partial charge in [0.25, 0.3) is 6.47 Å². The van der Waals surface area contributed by atoms with Crippen molar-refractivity contribution >= 4 is 34.0 Å². The first-order chi connectivity index (χ1) is 3.85. The van der Waals surface area contributed by atoms with Crippen LogP contribution in [0.25, 0.3) is 0 Å². The van der Waals surface area contributed by atoms with Gasteiger partial charge >= 0.3 is 0 Å². The Balaban J connectivity index is 3.20. The first kappa shape index (κ1) is 8.24. The molecule has 0 aromatic carbocycles. The highest BCUT2D eigenvalue weighted by atomic mass is 79.9. The minimum absolute atomic E-state index is 0.186. The van der Waals surface area contributed by atoms with E-state index >= 15 is 0 Å². The Morgan fingerprint density at radius 1 is 1.88 bits per heavy atom. The SMILES string of the molecule is O=CO[C@H](CCl)CBr. The van der Waals surface area contributed by atoms with Gasteiger partial charge in [-0.3, -0.25) is 4.79 Å². The summed E-state index contributed by atoms with van der Waals surface area (Å²) in [4.78, 5) is 9.63. The summed E-state index contributed by atoms with van der Waals surface area (Å²) in [5.74, 6) is 0.337. The van der Waals surface area contributed by atoms with E-state index in [1.54, 1.807) is 0 Å². The molecule has 0 N–H and O–H groups in total. The maximum atomic E-state index is 9.63. The Hall–Kier alpha value is 0.240. The van der Waals surface area contributed by atoms with Crippen LogP contribution < -0.4 is 0 Å². The molecule has 0 aromatic rings. The van der Waals surface area contributed by atoms with Gasteiger partial charge in [0.1, 0.15) is 6.10 Å². The van der Waals surface area contributed by atoms with E-state index in [0.717, 1.165) is 0 Å². The van der Waals surface area contributed by atoms with Crippen LogP contribution in [-0.4, -0.2) is 23.8 Å². The van der Waals surface area contributed by atoms with Crippen LogP contribution in [0.1, 0.15) is 0 Å². The molecule has 0 heterocycles. The lowest BCUT2D eigenvalue weighted by atomic mass is 10.5. The summed E-state index contributed by atoms with van der Waals surface area (Å²) in [6.45, 7) is 0.397. The van der Waals surface area contributed by atoms with Gasteiger partial charge in [-0.25, -0.2) is 0 Å². The van der Waals surface area contributed by atoms with Gasteiger partial charge < -0.3 is 4.74 Å². The van der Waals surface area contributed by atoms with Gasteiger partial charge in [-0.05, 0) is 0 Å². The molecular formula is C4H6BrClO2. The maximum absolute atomic E-state index is 9.63. The zero-order valence-electron chi connectivity index (χ0n) is 4.14. The predicted octanol–water partition coefficient (Wildman–Crippen LogP) is 1.16. The summed E-state index contributed by atoms with van der Waals surface area (Å²) in [7, 11) is 0. The van der Waals surface area contributed by atoms with Crippen molar-refractivity contribution < 1.29 is 9.53 Å². The molecule has 1 atom stereocenters. The average molecular weight is 201 g/mol. The fourth-order valence-corrected chi connectivity index (χ4v) is 1.02. The molecule has 0 bridgehead atoms. The van der Waals surface area contributed by atoms with E-state index in [-0.39, 0.29) is 6.10 Å². The number of carbonyl (C=O) groups excluding carboxylic acids is 1. The highest BCUT2D eigenvalue weighted by Gasteiger charge is 2.02.